The molecule has 178 valence electrons. The number of rotatable bonds is 3. The van der Waals surface area contributed by atoms with E-state index in [4.69, 9.17) is 0 Å². The van der Waals surface area contributed by atoms with Crippen LogP contribution in [0.25, 0.3) is 0 Å². The number of Topliss-reactive ketones (excluding diaryl/α,β-unsaturated/α-hetero) is 1. The molecule has 0 unspecified atom stereocenters. The summed E-state index contributed by atoms with van der Waals surface area (Å²) >= 11 is 1.00. The van der Waals surface area contributed by atoms with E-state index < -0.39 is 22.5 Å². The maximum atomic E-state index is 13.3. The number of aliphatic hydroxyl groups is 2. The zero-order valence-electron chi connectivity index (χ0n) is 20.1. The predicted octanol–water partition coefficient (Wildman–Crippen LogP) is 4.10. The van der Waals surface area contributed by atoms with E-state index in [1.54, 1.807) is 0 Å². The van der Waals surface area contributed by atoms with E-state index in [1.165, 1.54) is 5.57 Å². The van der Waals surface area contributed by atoms with Crippen LogP contribution in [0.1, 0.15) is 79.6 Å². The number of thioether (sulfide) groups is 1. The van der Waals surface area contributed by atoms with Crippen molar-refractivity contribution in [3.8, 4) is 0 Å². The minimum absolute atomic E-state index is 0.0220. The molecule has 7 atom stereocenters. The van der Waals surface area contributed by atoms with Crippen LogP contribution in [-0.2, 0) is 14.4 Å². The zero-order chi connectivity index (χ0) is 23.7. The molecule has 6 heteroatoms. The van der Waals surface area contributed by atoms with Gasteiger partial charge in [0.05, 0.1) is 11.9 Å². The highest BCUT2D eigenvalue weighted by Crippen LogP contribution is 2.67. The first-order chi connectivity index (χ1) is 14.7. The van der Waals surface area contributed by atoms with Gasteiger partial charge in [0.1, 0.15) is 5.60 Å². The Bertz CT molecular complexity index is 872. The Morgan fingerprint density at radius 2 is 1.84 bits per heavy atom. The fourth-order valence-corrected chi connectivity index (χ4v) is 8.55. The zero-order valence-corrected chi connectivity index (χ0v) is 20.9. The third-order valence-corrected chi connectivity index (χ3v) is 10.7. The van der Waals surface area contributed by atoms with Crippen LogP contribution in [0, 0.1) is 34.0 Å². The lowest BCUT2D eigenvalue weighted by Gasteiger charge is -2.60. The quantitative estimate of drug-likeness (QED) is 0.656. The number of ketones is 2. The van der Waals surface area contributed by atoms with E-state index in [1.807, 2.05) is 33.8 Å². The molecule has 0 amide bonds. The molecular formula is C26H38O5S. The van der Waals surface area contributed by atoms with E-state index in [0.29, 0.717) is 19.3 Å². The van der Waals surface area contributed by atoms with Gasteiger partial charge >= 0.3 is 0 Å². The van der Waals surface area contributed by atoms with E-state index in [0.717, 1.165) is 37.4 Å². The number of hydrogen-bond donors (Lipinski definition) is 2. The first kappa shape index (κ1) is 24.2. The van der Waals surface area contributed by atoms with Crippen LogP contribution in [0.2, 0.25) is 0 Å². The van der Waals surface area contributed by atoms with Crippen LogP contribution in [0.15, 0.2) is 11.6 Å². The fraction of sp³-hybridized carbons (Fsp3) is 0.808. The van der Waals surface area contributed by atoms with Crippen molar-refractivity contribution >= 4 is 28.4 Å². The van der Waals surface area contributed by atoms with Crippen LogP contribution in [-0.4, -0.2) is 44.4 Å². The summed E-state index contributed by atoms with van der Waals surface area (Å²) in [6.45, 7) is 9.68. The van der Waals surface area contributed by atoms with Crippen molar-refractivity contribution in [2.45, 2.75) is 91.3 Å². The average Bonchev–Trinajstić information content (AvgIpc) is 2.97. The summed E-state index contributed by atoms with van der Waals surface area (Å²) in [6, 6.07) is 0. The molecule has 0 aromatic heterocycles. The summed E-state index contributed by atoms with van der Waals surface area (Å²) in [5.74, 6) is 0.332. The highest BCUT2D eigenvalue weighted by atomic mass is 32.2. The predicted molar refractivity (Wildman–Crippen MR) is 125 cm³/mol. The lowest BCUT2D eigenvalue weighted by atomic mass is 9.45. The van der Waals surface area contributed by atoms with Crippen molar-refractivity contribution in [1.29, 1.82) is 0 Å². The molecule has 0 saturated heterocycles. The summed E-state index contributed by atoms with van der Waals surface area (Å²) < 4.78 is 0. The molecule has 4 aliphatic rings. The van der Waals surface area contributed by atoms with Crippen molar-refractivity contribution in [2.75, 3.05) is 5.75 Å². The third kappa shape index (κ3) is 3.47. The summed E-state index contributed by atoms with van der Waals surface area (Å²) in [7, 11) is 0. The first-order valence-corrected chi connectivity index (χ1v) is 13.1. The number of allylic oxidation sites excluding steroid dienone is 1. The summed E-state index contributed by atoms with van der Waals surface area (Å²) in [5, 5.41) is 23.1. The van der Waals surface area contributed by atoms with Gasteiger partial charge in [-0.25, -0.2) is 0 Å². The average molecular weight is 463 g/mol. The Morgan fingerprint density at radius 3 is 2.50 bits per heavy atom. The molecule has 3 saturated carbocycles. The van der Waals surface area contributed by atoms with Crippen LogP contribution < -0.4 is 0 Å². The van der Waals surface area contributed by atoms with Gasteiger partial charge in [0.25, 0.3) is 0 Å². The minimum Gasteiger partial charge on any atom is -0.393 e. The second kappa shape index (κ2) is 7.78. The standard InChI is InChI=1S/C26H38O5S/c1-23(2,3)22(30)32-14-20(29)26(31)11-9-18-17-7-6-15-12-16(27)8-10-24(15,4)21(17)19(28)13-25(18,26)5/h12,17-19,21,28,31H,6-11,13-14H2,1-5H3/t17-,18+,19-,21-,24-,25-,26-/m0/s1. The van der Waals surface area contributed by atoms with Crippen LogP contribution >= 0.6 is 11.8 Å². The molecule has 4 aliphatic carbocycles. The van der Waals surface area contributed by atoms with Crippen molar-refractivity contribution in [3.05, 3.63) is 11.6 Å². The molecule has 0 aliphatic heterocycles. The lowest BCUT2D eigenvalue weighted by molar-refractivity contribution is -0.178. The largest absolute Gasteiger partial charge is 0.393 e. The number of carbonyl (C=O) groups excluding carboxylic acids is 3. The van der Waals surface area contributed by atoms with Crippen LogP contribution in [0.4, 0.5) is 0 Å². The number of aliphatic hydroxyl groups excluding tert-OH is 1. The minimum atomic E-state index is -1.51. The summed E-state index contributed by atoms with van der Waals surface area (Å²) in [4.78, 5) is 37.7. The molecule has 5 nitrogen and oxygen atoms in total. The molecule has 4 rings (SSSR count). The van der Waals surface area contributed by atoms with Gasteiger partial charge in [-0.3, -0.25) is 14.4 Å². The second-order valence-electron chi connectivity index (χ2n) is 12.2. The number of carbonyl (C=O) groups is 3. The van der Waals surface area contributed by atoms with Gasteiger partial charge in [0.15, 0.2) is 16.7 Å². The maximum absolute atomic E-state index is 13.3. The first-order valence-electron chi connectivity index (χ1n) is 12.1. The molecule has 2 N–H and O–H groups in total. The Hall–Kier alpha value is -0.980. The topological polar surface area (TPSA) is 91.7 Å². The Labute approximate surface area is 195 Å². The molecule has 0 spiro atoms. The van der Waals surface area contributed by atoms with Gasteiger partial charge in [-0.05, 0) is 67.8 Å². The highest BCUT2D eigenvalue weighted by Gasteiger charge is 2.68. The Morgan fingerprint density at radius 1 is 1.16 bits per heavy atom. The van der Waals surface area contributed by atoms with Gasteiger partial charge in [0, 0.05) is 17.3 Å². The normalized spacial score (nSPS) is 43.7. The smallest absolute Gasteiger partial charge is 0.194 e. The third-order valence-electron chi connectivity index (χ3n) is 9.46. The molecule has 0 heterocycles. The number of fused-ring (bicyclic) bond motifs is 5. The monoisotopic (exact) mass is 462 g/mol. The highest BCUT2D eigenvalue weighted by molar-refractivity contribution is 8.14. The van der Waals surface area contributed by atoms with Gasteiger partial charge in [-0.15, -0.1) is 0 Å². The van der Waals surface area contributed by atoms with E-state index >= 15 is 0 Å². The molecule has 32 heavy (non-hydrogen) atoms. The van der Waals surface area contributed by atoms with Crippen molar-refractivity contribution in [1.82, 2.24) is 0 Å². The Balaban J connectivity index is 1.59. The van der Waals surface area contributed by atoms with Crippen LogP contribution in [0.5, 0.6) is 0 Å². The second-order valence-corrected chi connectivity index (χ2v) is 13.2. The Kier molecular flexibility index (Phi) is 5.87. The van der Waals surface area contributed by atoms with Crippen LogP contribution in [0.3, 0.4) is 0 Å². The summed E-state index contributed by atoms with van der Waals surface area (Å²) in [6.07, 6.45) is 5.78. The molecule has 0 radical (unpaired) electrons. The van der Waals surface area contributed by atoms with Gasteiger partial charge in [0.2, 0.25) is 0 Å². The van der Waals surface area contributed by atoms with Gasteiger partial charge in [-0.1, -0.05) is 52.0 Å². The molecule has 3 fully saturated rings. The fourth-order valence-electron chi connectivity index (χ4n) is 7.62. The molecule has 0 aromatic rings. The maximum Gasteiger partial charge on any atom is 0.194 e. The van der Waals surface area contributed by atoms with Crippen molar-refractivity contribution in [2.24, 2.45) is 34.0 Å². The number of hydrogen-bond acceptors (Lipinski definition) is 6. The SMILES string of the molecule is CC(C)(C)C(=O)SCC(=O)[C@@]1(O)CC[C@@H]2[C@@H]3CCC4=CC(=O)CC[C@]4(C)[C@@H]3[C@@H](O)C[C@@]21C. The summed E-state index contributed by atoms with van der Waals surface area (Å²) in [5.41, 5.74) is -1.74. The van der Waals surface area contributed by atoms with Gasteiger partial charge < -0.3 is 10.2 Å². The van der Waals surface area contributed by atoms with Gasteiger partial charge in [-0.2, -0.15) is 0 Å². The van der Waals surface area contributed by atoms with E-state index in [9.17, 15) is 24.6 Å². The van der Waals surface area contributed by atoms with E-state index in [-0.39, 0.29) is 45.6 Å². The molecule has 0 aromatic carbocycles. The lowest BCUT2D eigenvalue weighted by Crippen LogP contribution is -2.62. The van der Waals surface area contributed by atoms with E-state index in [2.05, 4.69) is 6.92 Å². The van der Waals surface area contributed by atoms with Crippen molar-refractivity contribution < 1.29 is 24.6 Å². The molecule has 0 bridgehead atoms. The van der Waals surface area contributed by atoms with Crippen molar-refractivity contribution in [3.63, 3.8) is 0 Å². The molecular weight excluding hydrogens is 424 g/mol.